The topological polar surface area (TPSA) is 92.9 Å². The van der Waals surface area contributed by atoms with Gasteiger partial charge in [0.2, 0.25) is 0 Å². The van der Waals surface area contributed by atoms with Gasteiger partial charge < -0.3 is 14.3 Å². The van der Waals surface area contributed by atoms with E-state index in [0.29, 0.717) is 28.8 Å². The summed E-state index contributed by atoms with van der Waals surface area (Å²) < 4.78 is 11.0. The first-order valence-electron chi connectivity index (χ1n) is 9.44. The molecular weight excluding hydrogens is 404 g/mol. The summed E-state index contributed by atoms with van der Waals surface area (Å²) in [5.41, 5.74) is 1.14. The lowest BCUT2D eigenvalue weighted by Crippen LogP contribution is -2.29. The first-order chi connectivity index (χ1) is 14.4. The molecule has 1 amide bonds. The van der Waals surface area contributed by atoms with Crippen LogP contribution < -0.4 is 9.64 Å². The van der Waals surface area contributed by atoms with Crippen LogP contribution >= 0.6 is 11.3 Å². The number of anilines is 1. The number of rotatable bonds is 5. The molecule has 0 radical (unpaired) electrons. The molecule has 1 N–H and O–H groups in total. The molecule has 1 saturated heterocycles. The summed E-state index contributed by atoms with van der Waals surface area (Å²) in [6.07, 6.45) is 1.46. The van der Waals surface area contributed by atoms with E-state index in [9.17, 15) is 14.7 Å². The summed E-state index contributed by atoms with van der Waals surface area (Å²) in [7, 11) is 0. The van der Waals surface area contributed by atoms with Gasteiger partial charge in [-0.25, -0.2) is 4.98 Å². The minimum Gasteiger partial charge on any atom is -0.507 e. The lowest BCUT2D eigenvalue weighted by Gasteiger charge is -2.20. The Morgan fingerprint density at radius 1 is 1.23 bits per heavy atom. The molecule has 0 aliphatic carbocycles. The molecule has 1 aliphatic rings. The van der Waals surface area contributed by atoms with E-state index in [0.717, 1.165) is 10.6 Å². The zero-order valence-electron chi connectivity index (χ0n) is 16.7. The molecule has 1 unspecified atom stereocenters. The van der Waals surface area contributed by atoms with E-state index < -0.39 is 17.7 Å². The van der Waals surface area contributed by atoms with E-state index in [4.69, 9.17) is 9.15 Å². The van der Waals surface area contributed by atoms with Crippen LogP contribution in [0.4, 0.5) is 5.13 Å². The second-order valence-corrected chi connectivity index (χ2v) is 7.96. The highest BCUT2D eigenvalue weighted by Crippen LogP contribution is 2.43. The molecule has 0 spiro atoms. The van der Waals surface area contributed by atoms with Crippen molar-refractivity contribution in [2.24, 2.45) is 0 Å². The molecule has 2 aromatic heterocycles. The van der Waals surface area contributed by atoms with Crippen LogP contribution in [0.25, 0.3) is 5.76 Å². The number of benzene rings is 1. The molecule has 154 valence electrons. The molecule has 3 aromatic rings. The van der Waals surface area contributed by atoms with Crippen molar-refractivity contribution in [2.75, 3.05) is 11.5 Å². The van der Waals surface area contributed by atoms with E-state index >= 15 is 0 Å². The fraction of sp³-hybridized carbons (Fsp3) is 0.227. The second kappa shape index (κ2) is 7.79. The summed E-state index contributed by atoms with van der Waals surface area (Å²) in [4.78, 5) is 32.6. The number of hydrogen-bond acceptors (Lipinski definition) is 7. The third kappa shape index (κ3) is 3.29. The molecule has 1 fully saturated rings. The molecule has 7 nitrogen and oxygen atoms in total. The van der Waals surface area contributed by atoms with Gasteiger partial charge >= 0.3 is 5.91 Å². The van der Waals surface area contributed by atoms with E-state index in [1.165, 1.54) is 22.5 Å². The standard InChI is InChI=1S/C22H20N2O5S/c1-4-28-15-9-7-14(8-10-15)19(25)17-18(16-6-5-11-29-16)24(21(27)20(17)26)22-23-12(2)13(3)30-22/h5-11,18,25H,4H2,1-3H3. The molecule has 8 heteroatoms. The highest BCUT2D eigenvalue weighted by Gasteiger charge is 2.49. The zero-order valence-corrected chi connectivity index (χ0v) is 17.5. The predicted molar refractivity (Wildman–Crippen MR) is 113 cm³/mol. The summed E-state index contributed by atoms with van der Waals surface area (Å²) >= 11 is 1.31. The van der Waals surface area contributed by atoms with E-state index in [-0.39, 0.29) is 11.3 Å². The van der Waals surface area contributed by atoms with Gasteiger partial charge in [0.15, 0.2) is 5.13 Å². The van der Waals surface area contributed by atoms with Crippen molar-refractivity contribution in [3.63, 3.8) is 0 Å². The van der Waals surface area contributed by atoms with Crippen molar-refractivity contribution in [1.29, 1.82) is 0 Å². The number of aliphatic hydroxyl groups is 1. The third-order valence-corrected chi connectivity index (χ3v) is 5.99. The van der Waals surface area contributed by atoms with Crippen LogP contribution in [0, 0.1) is 13.8 Å². The molecule has 1 atom stereocenters. The Kier molecular flexibility index (Phi) is 5.17. The Morgan fingerprint density at radius 2 is 1.97 bits per heavy atom. The van der Waals surface area contributed by atoms with Crippen LogP contribution in [-0.4, -0.2) is 28.4 Å². The maximum Gasteiger partial charge on any atom is 0.302 e. The molecule has 1 aliphatic heterocycles. The first-order valence-corrected chi connectivity index (χ1v) is 10.3. The number of thiazole rings is 1. The van der Waals surface area contributed by atoms with Crippen molar-refractivity contribution in [2.45, 2.75) is 26.8 Å². The molecular formula is C22H20N2O5S. The van der Waals surface area contributed by atoms with Crippen LogP contribution in [0.3, 0.4) is 0 Å². The van der Waals surface area contributed by atoms with E-state index in [1.807, 2.05) is 20.8 Å². The fourth-order valence-corrected chi connectivity index (χ4v) is 4.27. The van der Waals surface area contributed by atoms with Gasteiger partial charge in [0.05, 0.1) is 24.1 Å². The number of aryl methyl sites for hydroxylation is 2. The van der Waals surface area contributed by atoms with Gasteiger partial charge in [0.1, 0.15) is 23.3 Å². The van der Waals surface area contributed by atoms with Crippen molar-refractivity contribution >= 4 is 33.9 Å². The second-order valence-electron chi connectivity index (χ2n) is 6.78. The van der Waals surface area contributed by atoms with Crippen LogP contribution in [-0.2, 0) is 9.59 Å². The number of carbonyl (C=O) groups excluding carboxylic acids is 2. The maximum atomic E-state index is 13.0. The summed E-state index contributed by atoms with van der Waals surface area (Å²) in [5.74, 6) is -0.797. The number of amides is 1. The predicted octanol–water partition coefficient (Wildman–Crippen LogP) is 4.38. The number of carbonyl (C=O) groups is 2. The lowest BCUT2D eigenvalue weighted by molar-refractivity contribution is -0.132. The average molecular weight is 424 g/mol. The SMILES string of the molecule is CCOc1ccc(C(O)=C2C(=O)C(=O)N(c3nc(C)c(C)s3)C2c2ccco2)cc1. The van der Waals surface area contributed by atoms with E-state index in [2.05, 4.69) is 4.98 Å². The van der Waals surface area contributed by atoms with Gasteiger partial charge in [-0.1, -0.05) is 0 Å². The highest BCUT2D eigenvalue weighted by atomic mass is 32.1. The van der Waals surface area contributed by atoms with E-state index in [1.54, 1.807) is 36.4 Å². The molecule has 4 rings (SSSR count). The Bertz CT molecular complexity index is 1110. The number of Topliss-reactive ketones (excluding diaryl/α,β-unsaturated/α-hetero) is 1. The van der Waals surface area contributed by atoms with Crippen LogP contribution in [0.5, 0.6) is 5.75 Å². The van der Waals surface area contributed by atoms with Gasteiger partial charge in [0, 0.05) is 10.4 Å². The van der Waals surface area contributed by atoms with Gasteiger partial charge in [-0.05, 0) is 57.2 Å². The summed E-state index contributed by atoms with van der Waals surface area (Å²) in [5, 5.41) is 11.4. The first kappa shape index (κ1) is 19.9. The smallest absolute Gasteiger partial charge is 0.302 e. The molecule has 30 heavy (non-hydrogen) atoms. The minimum atomic E-state index is -0.906. The molecule has 1 aromatic carbocycles. The number of ether oxygens (including phenoxy) is 1. The molecule has 3 heterocycles. The number of hydrogen-bond donors (Lipinski definition) is 1. The average Bonchev–Trinajstić information content (AvgIpc) is 3.43. The number of nitrogens with zero attached hydrogens (tertiary/aromatic N) is 2. The van der Waals surface area contributed by atoms with Crippen molar-refractivity contribution in [3.8, 4) is 5.75 Å². The van der Waals surface area contributed by atoms with Gasteiger partial charge in [-0.15, -0.1) is 11.3 Å². The van der Waals surface area contributed by atoms with Gasteiger partial charge in [-0.3, -0.25) is 14.5 Å². The van der Waals surface area contributed by atoms with Crippen LogP contribution in [0.2, 0.25) is 0 Å². The number of aromatic nitrogens is 1. The lowest BCUT2D eigenvalue weighted by atomic mass is 9.99. The van der Waals surface area contributed by atoms with Crippen molar-refractivity contribution < 1.29 is 23.8 Å². The highest BCUT2D eigenvalue weighted by molar-refractivity contribution is 7.16. The number of ketones is 1. The number of furan rings is 1. The van der Waals surface area contributed by atoms with Crippen LogP contribution in [0.15, 0.2) is 52.7 Å². The normalized spacial score (nSPS) is 18.2. The summed E-state index contributed by atoms with van der Waals surface area (Å²) in [6.45, 7) is 6.13. The van der Waals surface area contributed by atoms with Crippen LogP contribution in [0.1, 0.15) is 34.9 Å². The number of aliphatic hydroxyl groups excluding tert-OH is 1. The van der Waals surface area contributed by atoms with Gasteiger partial charge in [0.25, 0.3) is 5.78 Å². The van der Waals surface area contributed by atoms with Gasteiger partial charge in [-0.2, -0.15) is 0 Å². The Labute approximate surface area is 177 Å². The molecule has 0 saturated carbocycles. The Balaban J connectivity index is 1.86. The zero-order chi connectivity index (χ0) is 21.4. The monoisotopic (exact) mass is 424 g/mol. The third-order valence-electron chi connectivity index (χ3n) is 4.92. The Hall–Kier alpha value is -3.39. The largest absolute Gasteiger partial charge is 0.507 e. The van der Waals surface area contributed by atoms with Crippen molar-refractivity contribution in [1.82, 2.24) is 4.98 Å². The Morgan fingerprint density at radius 3 is 2.53 bits per heavy atom. The minimum absolute atomic E-state index is 0.0374. The quantitative estimate of drug-likeness (QED) is 0.371. The maximum absolute atomic E-state index is 13.0. The summed E-state index contributed by atoms with van der Waals surface area (Å²) in [6, 6.07) is 9.12. The molecule has 0 bridgehead atoms. The van der Waals surface area contributed by atoms with Crippen molar-refractivity contribution in [3.05, 3.63) is 70.1 Å². The fourth-order valence-electron chi connectivity index (χ4n) is 3.34.